The first kappa shape index (κ1) is 16.7. The van der Waals surface area contributed by atoms with Gasteiger partial charge in [0.05, 0.1) is 17.5 Å². The lowest BCUT2D eigenvalue weighted by molar-refractivity contribution is -0.115. The Labute approximate surface area is 147 Å². The highest BCUT2D eigenvalue weighted by atomic mass is 35.5. The normalized spacial score (nSPS) is 14.5. The van der Waals surface area contributed by atoms with Crippen LogP contribution in [0.5, 0.6) is 5.75 Å². The van der Waals surface area contributed by atoms with E-state index < -0.39 is 0 Å². The number of halogens is 1. The van der Waals surface area contributed by atoms with Crippen molar-refractivity contribution in [3.8, 4) is 5.75 Å². The van der Waals surface area contributed by atoms with Gasteiger partial charge in [0.2, 0.25) is 5.91 Å². The van der Waals surface area contributed by atoms with Crippen molar-refractivity contribution in [2.75, 3.05) is 11.1 Å². The maximum Gasteiger partial charge on any atom is 0.228 e. The van der Waals surface area contributed by atoms with Crippen LogP contribution in [0.25, 0.3) is 0 Å². The van der Waals surface area contributed by atoms with Crippen molar-refractivity contribution in [1.29, 1.82) is 0 Å². The van der Waals surface area contributed by atoms with E-state index in [2.05, 4.69) is 5.32 Å². The first-order valence-electron chi connectivity index (χ1n) is 8.20. The van der Waals surface area contributed by atoms with Gasteiger partial charge in [0, 0.05) is 11.4 Å². The molecule has 24 heavy (non-hydrogen) atoms. The molecule has 0 aromatic heterocycles. The summed E-state index contributed by atoms with van der Waals surface area (Å²) in [5.74, 6) is 0.584. The van der Waals surface area contributed by atoms with E-state index in [0.717, 1.165) is 18.4 Å². The quantitative estimate of drug-likeness (QED) is 0.789. The topological polar surface area (TPSA) is 64.4 Å². The predicted molar refractivity (Wildman–Crippen MR) is 97.5 cm³/mol. The van der Waals surface area contributed by atoms with E-state index in [1.165, 1.54) is 12.8 Å². The summed E-state index contributed by atoms with van der Waals surface area (Å²) in [6.45, 7) is 0. The van der Waals surface area contributed by atoms with Crippen molar-refractivity contribution in [3.63, 3.8) is 0 Å². The Morgan fingerprint density at radius 3 is 2.54 bits per heavy atom. The van der Waals surface area contributed by atoms with Gasteiger partial charge in [-0.15, -0.1) is 0 Å². The third-order valence-electron chi connectivity index (χ3n) is 4.16. The molecule has 2 aromatic rings. The minimum absolute atomic E-state index is 0.0969. The molecule has 0 unspecified atom stereocenters. The lowest BCUT2D eigenvalue weighted by Crippen LogP contribution is -2.15. The molecule has 3 N–H and O–H groups in total. The molecule has 1 aliphatic carbocycles. The molecule has 2 aromatic carbocycles. The summed E-state index contributed by atoms with van der Waals surface area (Å²) in [4.78, 5) is 12.1. The van der Waals surface area contributed by atoms with Crippen LogP contribution in [-0.2, 0) is 11.2 Å². The van der Waals surface area contributed by atoms with Gasteiger partial charge in [-0.3, -0.25) is 4.79 Å². The van der Waals surface area contributed by atoms with Crippen LogP contribution in [0.3, 0.4) is 0 Å². The number of amides is 1. The minimum atomic E-state index is -0.0969. The number of hydrogen-bond donors (Lipinski definition) is 2. The Morgan fingerprint density at radius 1 is 1.17 bits per heavy atom. The minimum Gasteiger partial charge on any atom is -0.489 e. The fourth-order valence-corrected chi connectivity index (χ4v) is 3.11. The molecular weight excluding hydrogens is 324 g/mol. The van der Waals surface area contributed by atoms with Crippen LogP contribution in [0, 0.1) is 0 Å². The van der Waals surface area contributed by atoms with Gasteiger partial charge >= 0.3 is 0 Å². The van der Waals surface area contributed by atoms with Crippen LogP contribution in [0.15, 0.2) is 42.5 Å². The lowest BCUT2D eigenvalue weighted by Gasteiger charge is -2.15. The molecule has 126 valence electrons. The summed E-state index contributed by atoms with van der Waals surface area (Å²) < 4.78 is 5.92. The number of benzene rings is 2. The number of rotatable bonds is 5. The number of nitrogen functional groups attached to an aromatic ring is 1. The highest BCUT2D eigenvalue weighted by molar-refractivity contribution is 6.32. The van der Waals surface area contributed by atoms with Crippen molar-refractivity contribution in [2.45, 2.75) is 38.2 Å². The SMILES string of the molecule is Nc1ccc(CC(=O)Nc2ccc(OC3CCCC3)c(Cl)c2)cc1. The van der Waals surface area contributed by atoms with Crippen LogP contribution in [0.2, 0.25) is 5.02 Å². The number of nitrogens with one attached hydrogen (secondary N) is 1. The zero-order valence-corrected chi connectivity index (χ0v) is 14.2. The van der Waals surface area contributed by atoms with E-state index in [4.69, 9.17) is 22.1 Å². The second-order valence-corrected chi connectivity index (χ2v) is 6.54. The van der Waals surface area contributed by atoms with E-state index in [-0.39, 0.29) is 18.4 Å². The Kier molecular flexibility index (Phi) is 5.26. The molecule has 5 heteroatoms. The Bertz CT molecular complexity index is 710. The van der Waals surface area contributed by atoms with Crippen molar-refractivity contribution >= 4 is 28.9 Å². The fraction of sp³-hybridized carbons (Fsp3) is 0.316. The standard InChI is InChI=1S/C19H21ClN2O2/c20-17-12-15(9-10-18(17)24-16-3-1-2-4-16)22-19(23)11-13-5-7-14(21)8-6-13/h5-10,12,16H,1-4,11,21H2,(H,22,23). The summed E-state index contributed by atoms with van der Waals surface area (Å²) in [6.07, 6.45) is 5.13. The van der Waals surface area contributed by atoms with Gasteiger partial charge in [-0.1, -0.05) is 23.7 Å². The molecule has 0 heterocycles. The summed E-state index contributed by atoms with van der Waals surface area (Å²) in [5.41, 5.74) is 7.90. The molecule has 1 fully saturated rings. The number of hydrogen-bond acceptors (Lipinski definition) is 3. The van der Waals surface area contributed by atoms with E-state index >= 15 is 0 Å². The first-order valence-corrected chi connectivity index (χ1v) is 8.58. The molecular formula is C19H21ClN2O2. The molecule has 4 nitrogen and oxygen atoms in total. The van der Waals surface area contributed by atoms with Crippen LogP contribution in [0.1, 0.15) is 31.2 Å². The zero-order valence-electron chi connectivity index (χ0n) is 13.4. The van der Waals surface area contributed by atoms with E-state index in [1.54, 1.807) is 18.2 Å². The predicted octanol–water partition coefficient (Wildman–Crippen LogP) is 4.42. The van der Waals surface area contributed by atoms with Crippen molar-refractivity contribution < 1.29 is 9.53 Å². The molecule has 0 atom stereocenters. The van der Waals surface area contributed by atoms with Crippen molar-refractivity contribution in [1.82, 2.24) is 0 Å². The number of nitrogens with two attached hydrogens (primary N) is 1. The van der Waals surface area contributed by atoms with Gasteiger partial charge in [-0.05, 0) is 61.6 Å². The largest absolute Gasteiger partial charge is 0.489 e. The first-order chi connectivity index (χ1) is 11.6. The van der Waals surface area contributed by atoms with Crippen molar-refractivity contribution in [2.24, 2.45) is 0 Å². The maximum absolute atomic E-state index is 12.1. The summed E-state index contributed by atoms with van der Waals surface area (Å²) in [6, 6.07) is 12.6. The number of carbonyl (C=O) groups excluding carboxylic acids is 1. The number of carbonyl (C=O) groups is 1. The van der Waals surface area contributed by atoms with Crippen LogP contribution >= 0.6 is 11.6 Å². The van der Waals surface area contributed by atoms with Crippen LogP contribution in [-0.4, -0.2) is 12.0 Å². The average molecular weight is 345 g/mol. The zero-order chi connectivity index (χ0) is 16.9. The van der Waals surface area contributed by atoms with Crippen LogP contribution < -0.4 is 15.8 Å². The van der Waals surface area contributed by atoms with E-state index in [9.17, 15) is 4.79 Å². The number of ether oxygens (including phenoxy) is 1. The Balaban J connectivity index is 1.59. The third-order valence-corrected chi connectivity index (χ3v) is 4.45. The average Bonchev–Trinajstić information content (AvgIpc) is 3.05. The second kappa shape index (κ2) is 7.58. The number of anilines is 2. The molecule has 1 aliphatic rings. The Morgan fingerprint density at radius 2 is 1.88 bits per heavy atom. The molecule has 1 amide bonds. The molecule has 3 rings (SSSR count). The lowest BCUT2D eigenvalue weighted by atomic mass is 10.1. The molecule has 0 aliphatic heterocycles. The van der Waals surface area contributed by atoms with Gasteiger partial charge < -0.3 is 15.8 Å². The molecule has 0 spiro atoms. The van der Waals surface area contributed by atoms with Gasteiger partial charge in [0.25, 0.3) is 0 Å². The summed E-state index contributed by atoms with van der Waals surface area (Å²) in [7, 11) is 0. The van der Waals surface area contributed by atoms with E-state index in [1.807, 2.05) is 24.3 Å². The highest BCUT2D eigenvalue weighted by Gasteiger charge is 2.18. The maximum atomic E-state index is 12.1. The molecule has 0 saturated heterocycles. The molecule has 0 radical (unpaired) electrons. The smallest absolute Gasteiger partial charge is 0.228 e. The summed E-state index contributed by atoms with van der Waals surface area (Å²) >= 11 is 6.28. The van der Waals surface area contributed by atoms with Gasteiger partial charge in [0.15, 0.2) is 0 Å². The Hall–Kier alpha value is -2.20. The van der Waals surface area contributed by atoms with Gasteiger partial charge in [-0.25, -0.2) is 0 Å². The third kappa shape index (κ3) is 4.42. The molecule has 0 bridgehead atoms. The second-order valence-electron chi connectivity index (χ2n) is 6.14. The van der Waals surface area contributed by atoms with Crippen LogP contribution in [0.4, 0.5) is 11.4 Å². The fourth-order valence-electron chi connectivity index (χ4n) is 2.89. The van der Waals surface area contributed by atoms with Gasteiger partial charge in [-0.2, -0.15) is 0 Å². The summed E-state index contributed by atoms with van der Waals surface area (Å²) in [5, 5.41) is 3.38. The van der Waals surface area contributed by atoms with Crippen molar-refractivity contribution in [3.05, 3.63) is 53.1 Å². The van der Waals surface area contributed by atoms with Gasteiger partial charge in [0.1, 0.15) is 5.75 Å². The monoisotopic (exact) mass is 344 g/mol. The highest BCUT2D eigenvalue weighted by Crippen LogP contribution is 2.31. The van der Waals surface area contributed by atoms with E-state index in [0.29, 0.717) is 22.1 Å². The molecule has 1 saturated carbocycles.